The van der Waals surface area contributed by atoms with Gasteiger partial charge in [0.15, 0.2) is 17.2 Å². The summed E-state index contributed by atoms with van der Waals surface area (Å²) in [4.78, 5) is 16.2. The molecule has 4 rings (SSSR count). The highest BCUT2D eigenvalue weighted by molar-refractivity contribution is 6.35. The van der Waals surface area contributed by atoms with Crippen LogP contribution in [0.4, 0.5) is 0 Å². The third-order valence-corrected chi connectivity index (χ3v) is 4.27. The number of benzene rings is 2. The van der Waals surface area contributed by atoms with Gasteiger partial charge >= 0.3 is 5.97 Å². The van der Waals surface area contributed by atoms with E-state index in [4.69, 9.17) is 37.4 Å². The van der Waals surface area contributed by atoms with Gasteiger partial charge in [-0.1, -0.05) is 35.3 Å². The van der Waals surface area contributed by atoms with E-state index in [1.807, 2.05) is 6.07 Å². The van der Waals surface area contributed by atoms with Gasteiger partial charge in [0, 0.05) is 16.1 Å². The SMILES string of the molecule is O=C1OC(/C=C/c2ccc(Cl)cc2Cl)=NC/1=C\c1ccc2c(c1)OCO2. The summed E-state index contributed by atoms with van der Waals surface area (Å²) in [6.45, 7) is 0.192. The highest BCUT2D eigenvalue weighted by atomic mass is 35.5. The van der Waals surface area contributed by atoms with Crippen LogP contribution in [0, 0.1) is 0 Å². The number of ether oxygens (including phenoxy) is 3. The predicted molar refractivity (Wildman–Crippen MR) is 99.6 cm³/mol. The van der Waals surface area contributed by atoms with Gasteiger partial charge in [-0.25, -0.2) is 9.79 Å². The lowest BCUT2D eigenvalue weighted by Gasteiger charge is -1.98. The fourth-order valence-electron chi connectivity index (χ4n) is 2.46. The smallest absolute Gasteiger partial charge is 0.363 e. The normalized spacial score (nSPS) is 17.1. The molecule has 0 saturated carbocycles. The Hall–Kier alpha value is -2.76. The number of hydrogen-bond donors (Lipinski definition) is 0. The number of rotatable bonds is 3. The van der Waals surface area contributed by atoms with Crippen LogP contribution in [-0.4, -0.2) is 18.7 Å². The van der Waals surface area contributed by atoms with Crippen molar-refractivity contribution in [1.29, 1.82) is 0 Å². The molecule has 2 heterocycles. The summed E-state index contributed by atoms with van der Waals surface area (Å²) in [6, 6.07) is 10.5. The maximum Gasteiger partial charge on any atom is 0.363 e. The topological polar surface area (TPSA) is 57.1 Å². The molecule has 0 N–H and O–H groups in total. The molecule has 0 atom stereocenters. The lowest BCUT2D eigenvalue weighted by atomic mass is 10.1. The third kappa shape index (κ3) is 3.45. The average molecular weight is 388 g/mol. The fourth-order valence-corrected chi connectivity index (χ4v) is 2.93. The van der Waals surface area contributed by atoms with Crippen LogP contribution in [0.5, 0.6) is 11.5 Å². The molecule has 2 aromatic rings. The van der Waals surface area contributed by atoms with E-state index in [0.29, 0.717) is 21.5 Å². The van der Waals surface area contributed by atoms with E-state index in [1.165, 1.54) is 0 Å². The van der Waals surface area contributed by atoms with Gasteiger partial charge in [-0.15, -0.1) is 0 Å². The van der Waals surface area contributed by atoms with Crippen LogP contribution in [-0.2, 0) is 9.53 Å². The van der Waals surface area contributed by atoms with Gasteiger partial charge in [-0.2, -0.15) is 0 Å². The first-order valence-corrected chi connectivity index (χ1v) is 8.39. The van der Waals surface area contributed by atoms with Crippen molar-refractivity contribution in [3.8, 4) is 11.5 Å². The Balaban J connectivity index is 1.56. The summed E-state index contributed by atoms with van der Waals surface area (Å²) in [6.07, 6.45) is 4.90. The largest absolute Gasteiger partial charge is 0.454 e. The Labute approximate surface area is 159 Å². The summed E-state index contributed by atoms with van der Waals surface area (Å²) < 4.78 is 15.7. The van der Waals surface area contributed by atoms with E-state index >= 15 is 0 Å². The molecule has 2 aromatic carbocycles. The molecule has 7 heteroatoms. The second-order valence-corrected chi connectivity index (χ2v) is 6.32. The first-order valence-electron chi connectivity index (χ1n) is 7.64. The van der Waals surface area contributed by atoms with Crippen LogP contribution in [0.3, 0.4) is 0 Å². The molecular weight excluding hydrogens is 377 g/mol. The maximum absolute atomic E-state index is 12.0. The van der Waals surface area contributed by atoms with Crippen LogP contribution in [0.25, 0.3) is 12.2 Å². The maximum atomic E-state index is 12.0. The van der Waals surface area contributed by atoms with Gasteiger partial charge in [-0.05, 0) is 47.5 Å². The van der Waals surface area contributed by atoms with Crippen LogP contribution in [0.2, 0.25) is 10.0 Å². The molecule has 0 unspecified atom stereocenters. The van der Waals surface area contributed by atoms with Crippen molar-refractivity contribution in [3.05, 3.63) is 69.3 Å². The molecule has 0 fully saturated rings. The van der Waals surface area contributed by atoms with E-state index in [2.05, 4.69) is 4.99 Å². The molecule has 0 spiro atoms. The molecule has 26 heavy (non-hydrogen) atoms. The lowest BCUT2D eigenvalue weighted by Crippen LogP contribution is -2.01. The van der Waals surface area contributed by atoms with E-state index in [1.54, 1.807) is 48.6 Å². The molecule has 0 amide bonds. The van der Waals surface area contributed by atoms with Crippen LogP contribution in [0.15, 0.2) is 53.2 Å². The van der Waals surface area contributed by atoms with Crippen molar-refractivity contribution in [2.45, 2.75) is 0 Å². The van der Waals surface area contributed by atoms with E-state index in [-0.39, 0.29) is 18.4 Å². The minimum Gasteiger partial charge on any atom is -0.454 e. The summed E-state index contributed by atoms with van der Waals surface area (Å²) in [5.74, 6) is 0.970. The molecule has 0 aliphatic carbocycles. The second kappa shape index (κ2) is 6.86. The zero-order valence-electron chi connectivity index (χ0n) is 13.2. The predicted octanol–water partition coefficient (Wildman–Crippen LogP) is 4.73. The molecule has 0 saturated heterocycles. The number of hydrogen-bond acceptors (Lipinski definition) is 5. The van der Waals surface area contributed by atoms with Crippen molar-refractivity contribution < 1.29 is 19.0 Å². The van der Waals surface area contributed by atoms with Gasteiger partial charge in [0.1, 0.15) is 0 Å². The summed E-state index contributed by atoms with van der Waals surface area (Å²) >= 11 is 12.0. The fraction of sp³-hybridized carbons (Fsp3) is 0.0526. The van der Waals surface area contributed by atoms with E-state index in [0.717, 1.165) is 11.1 Å². The van der Waals surface area contributed by atoms with E-state index in [9.17, 15) is 4.79 Å². The van der Waals surface area contributed by atoms with Crippen LogP contribution in [0.1, 0.15) is 11.1 Å². The molecule has 2 aliphatic heterocycles. The molecule has 130 valence electrons. The zero-order valence-corrected chi connectivity index (χ0v) is 14.8. The number of nitrogens with zero attached hydrogens (tertiary/aromatic N) is 1. The zero-order chi connectivity index (χ0) is 18.1. The minimum absolute atomic E-state index is 0.188. The number of carbonyl (C=O) groups excluding carboxylic acids is 1. The Kier molecular flexibility index (Phi) is 4.41. The van der Waals surface area contributed by atoms with Crippen molar-refractivity contribution in [2.24, 2.45) is 4.99 Å². The van der Waals surface area contributed by atoms with Crippen molar-refractivity contribution >= 4 is 47.2 Å². The summed E-state index contributed by atoms with van der Waals surface area (Å²) in [5, 5.41) is 1.04. The summed E-state index contributed by atoms with van der Waals surface area (Å²) in [7, 11) is 0. The number of cyclic esters (lactones) is 1. The average Bonchev–Trinajstić information content (AvgIpc) is 3.20. The summed E-state index contributed by atoms with van der Waals surface area (Å²) in [5.41, 5.74) is 1.70. The van der Waals surface area contributed by atoms with Crippen molar-refractivity contribution in [2.75, 3.05) is 6.79 Å². The Morgan fingerprint density at radius 3 is 2.69 bits per heavy atom. The quantitative estimate of drug-likeness (QED) is 0.564. The Morgan fingerprint density at radius 2 is 1.85 bits per heavy atom. The van der Waals surface area contributed by atoms with Crippen LogP contribution < -0.4 is 9.47 Å². The molecule has 0 aromatic heterocycles. The van der Waals surface area contributed by atoms with Gasteiger partial charge < -0.3 is 14.2 Å². The highest BCUT2D eigenvalue weighted by Gasteiger charge is 2.22. The highest BCUT2D eigenvalue weighted by Crippen LogP contribution is 2.33. The number of fused-ring (bicyclic) bond motifs is 1. The van der Waals surface area contributed by atoms with Crippen molar-refractivity contribution in [1.82, 2.24) is 0 Å². The standard InChI is InChI=1S/C19H11Cl2NO4/c20-13-4-2-12(14(21)9-13)3-6-18-22-15(19(23)26-18)7-11-1-5-16-17(8-11)25-10-24-16/h1-9H,10H2/b6-3+,15-7-. The minimum atomic E-state index is -0.524. The van der Waals surface area contributed by atoms with Gasteiger partial charge in [-0.3, -0.25) is 0 Å². The number of esters is 1. The molecule has 0 radical (unpaired) electrons. The number of aliphatic imine (C=N–C) groups is 1. The number of carbonyl (C=O) groups is 1. The number of halogens is 2. The molecular formula is C19H11Cl2NO4. The Bertz CT molecular complexity index is 995. The molecule has 5 nitrogen and oxygen atoms in total. The molecule has 2 aliphatic rings. The van der Waals surface area contributed by atoms with Crippen LogP contribution >= 0.6 is 23.2 Å². The Morgan fingerprint density at radius 1 is 1.00 bits per heavy atom. The molecule has 0 bridgehead atoms. The first-order chi connectivity index (χ1) is 12.6. The monoisotopic (exact) mass is 387 g/mol. The lowest BCUT2D eigenvalue weighted by molar-refractivity contribution is -0.129. The van der Waals surface area contributed by atoms with Gasteiger partial charge in [0.05, 0.1) is 0 Å². The van der Waals surface area contributed by atoms with E-state index < -0.39 is 5.97 Å². The second-order valence-electron chi connectivity index (χ2n) is 5.48. The van der Waals surface area contributed by atoms with Gasteiger partial charge in [0.25, 0.3) is 0 Å². The van der Waals surface area contributed by atoms with Crippen molar-refractivity contribution in [3.63, 3.8) is 0 Å². The van der Waals surface area contributed by atoms with Gasteiger partial charge in [0.2, 0.25) is 12.7 Å². The third-order valence-electron chi connectivity index (χ3n) is 3.71. The first kappa shape index (κ1) is 16.7.